The Bertz CT molecular complexity index is 932. The number of hydrogen-bond acceptors (Lipinski definition) is 6. The molecule has 0 fully saturated rings. The molecule has 3 rings (SSSR count). The lowest BCUT2D eigenvalue weighted by molar-refractivity contribution is 0.0986. The monoisotopic (exact) mass is 341 g/mol. The topological polar surface area (TPSA) is 85.1 Å². The number of aryl methyl sites for hydroxylation is 2. The van der Waals surface area contributed by atoms with E-state index < -0.39 is 0 Å². The Kier molecular flexibility index (Phi) is 4.52. The van der Waals surface area contributed by atoms with Crippen molar-refractivity contribution in [3.05, 3.63) is 69.3 Å². The van der Waals surface area contributed by atoms with Crippen LogP contribution in [-0.4, -0.2) is 25.4 Å². The van der Waals surface area contributed by atoms with Gasteiger partial charge in [-0.15, -0.1) is 0 Å². The van der Waals surface area contributed by atoms with Gasteiger partial charge in [0, 0.05) is 31.1 Å². The average molecular weight is 341 g/mol. The number of thiazole rings is 1. The van der Waals surface area contributed by atoms with Gasteiger partial charge in [-0.3, -0.25) is 19.1 Å². The minimum atomic E-state index is -0.389. The van der Waals surface area contributed by atoms with Gasteiger partial charge < -0.3 is 5.11 Å². The molecule has 3 heterocycles. The third kappa shape index (κ3) is 3.41. The largest absolute Gasteiger partial charge is 0.508 e. The van der Waals surface area contributed by atoms with Crippen molar-refractivity contribution >= 4 is 17.1 Å². The molecule has 24 heavy (non-hydrogen) atoms. The van der Waals surface area contributed by atoms with E-state index in [1.54, 1.807) is 19.3 Å². The number of pyridine rings is 2. The number of carbonyl (C=O) groups is 1. The van der Waals surface area contributed by atoms with Crippen molar-refractivity contribution in [1.82, 2.24) is 14.5 Å². The molecule has 0 saturated carbocycles. The fourth-order valence-electron chi connectivity index (χ4n) is 2.29. The summed E-state index contributed by atoms with van der Waals surface area (Å²) < 4.78 is 1.32. The van der Waals surface area contributed by atoms with Gasteiger partial charge in [-0.1, -0.05) is 11.3 Å². The molecule has 0 aliphatic carbocycles. The van der Waals surface area contributed by atoms with Gasteiger partial charge in [0.2, 0.25) is 0 Å². The Morgan fingerprint density at radius 1 is 1.29 bits per heavy atom. The zero-order chi connectivity index (χ0) is 17.1. The van der Waals surface area contributed by atoms with Crippen LogP contribution in [0, 0.1) is 6.92 Å². The first-order valence-electron chi connectivity index (χ1n) is 7.36. The molecule has 0 atom stereocenters. The first kappa shape index (κ1) is 16.1. The standard InChI is InChI=1S/C17H15N3O3S/c1-11-16(14(22)3-2-12-4-7-18-8-5-12)24-17(19-11)20-9-6-13(21)10-15(20)23/h4-10,21H,2-3H2,1H3. The minimum absolute atomic E-state index is 0.000102. The molecule has 0 bridgehead atoms. The normalized spacial score (nSPS) is 10.7. The number of hydrogen-bond donors (Lipinski definition) is 1. The number of aromatic hydroxyl groups is 1. The maximum Gasteiger partial charge on any atom is 0.260 e. The number of carbonyl (C=O) groups excluding carboxylic acids is 1. The van der Waals surface area contributed by atoms with Crippen LogP contribution in [0.25, 0.3) is 5.13 Å². The highest BCUT2D eigenvalue weighted by Gasteiger charge is 2.16. The third-order valence-corrected chi connectivity index (χ3v) is 4.74. The molecular formula is C17H15N3O3S. The fraction of sp³-hybridized carbons (Fsp3) is 0.176. The van der Waals surface area contributed by atoms with E-state index in [1.165, 1.54) is 28.2 Å². The molecule has 0 spiro atoms. The van der Waals surface area contributed by atoms with Crippen molar-refractivity contribution in [2.75, 3.05) is 0 Å². The number of nitrogens with zero attached hydrogens (tertiary/aromatic N) is 3. The molecule has 3 aromatic heterocycles. The van der Waals surface area contributed by atoms with Gasteiger partial charge in [-0.05, 0) is 37.1 Å². The molecule has 3 aromatic rings. The third-order valence-electron chi connectivity index (χ3n) is 3.54. The Hall–Kier alpha value is -2.80. The van der Waals surface area contributed by atoms with Crippen LogP contribution >= 0.6 is 11.3 Å². The molecule has 6 nitrogen and oxygen atoms in total. The molecule has 0 unspecified atom stereocenters. The van der Waals surface area contributed by atoms with Gasteiger partial charge in [0.25, 0.3) is 5.56 Å². The highest BCUT2D eigenvalue weighted by Crippen LogP contribution is 2.23. The maximum absolute atomic E-state index is 12.4. The molecule has 0 aliphatic rings. The average Bonchev–Trinajstić information content (AvgIpc) is 2.95. The Labute approximate surface area is 142 Å². The van der Waals surface area contributed by atoms with Crippen LogP contribution in [0.2, 0.25) is 0 Å². The lowest BCUT2D eigenvalue weighted by atomic mass is 10.1. The lowest BCUT2D eigenvalue weighted by Crippen LogP contribution is -2.15. The summed E-state index contributed by atoms with van der Waals surface area (Å²) >= 11 is 1.18. The molecule has 1 N–H and O–H groups in total. The molecule has 7 heteroatoms. The van der Waals surface area contributed by atoms with Crippen LogP contribution in [0.5, 0.6) is 5.75 Å². The molecule has 122 valence electrons. The summed E-state index contributed by atoms with van der Waals surface area (Å²) in [5.41, 5.74) is 1.27. The van der Waals surface area contributed by atoms with Crippen LogP contribution in [0.4, 0.5) is 0 Å². The van der Waals surface area contributed by atoms with Crippen molar-refractivity contribution in [3.63, 3.8) is 0 Å². The molecule has 0 aromatic carbocycles. The first-order valence-corrected chi connectivity index (χ1v) is 8.18. The van der Waals surface area contributed by atoms with E-state index >= 15 is 0 Å². The molecule has 0 radical (unpaired) electrons. The number of rotatable bonds is 5. The van der Waals surface area contributed by atoms with Crippen molar-refractivity contribution in [3.8, 4) is 10.9 Å². The van der Waals surface area contributed by atoms with Crippen molar-refractivity contribution in [2.45, 2.75) is 19.8 Å². The Morgan fingerprint density at radius 2 is 2.04 bits per heavy atom. The Morgan fingerprint density at radius 3 is 2.75 bits per heavy atom. The second kappa shape index (κ2) is 6.76. The molecule has 0 aliphatic heterocycles. The zero-order valence-corrected chi connectivity index (χ0v) is 13.8. The van der Waals surface area contributed by atoms with E-state index in [4.69, 9.17) is 0 Å². The second-order valence-corrected chi connectivity index (χ2v) is 6.26. The van der Waals surface area contributed by atoms with Crippen LogP contribution in [-0.2, 0) is 6.42 Å². The lowest BCUT2D eigenvalue weighted by Gasteiger charge is -2.00. The molecule has 0 amide bonds. The van der Waals surface area contributed by atoms with E-state index in [0.717, 1.165) is 11.6 Å². The summed E-state index contributed by atoms with van der Waals surface area (Å²) in [6.07, 6.45) is 5.85. The van der Waals surface area contributed by atoms with E-state index in [-0.39, 0.29) is 17.1 Å². The van der Waals surface area contributed by atoms with Crippen LogP contribution in [0.1, 0.15) is 27.3 Å². The molecule has 0 saturated heterocycles. The smallest absolute Gasteiger partial charge is 0.260 e. The Balaban J connectivity index is 1.81. The summed E-state index contributed by atoms with van der Waals surface area (Å²) in [4.78, 5) is 33.2. The van der Waals surface area contributed by atoms with Crippen molar-refractivity contribution in [1.29, 1.82) is 0 Å². The van der Waals surface area contributed by atoms with Gasteiger partial charge in [0.05, 0.1) is 10.6 Å². The summed E-state index contributed by atoms with van der Waals surface area (Å²) in [6, 6.07) is 6.28. The van der Waals surface area contributed by atoms with Gasteiger partial charge in [-0.2, -0.15) is 0 Å². The zero-order valence-electron chi connectivity index (χ0n) is 13.0. The highest BCUT2D eigenvalue weighted by atomic mass is 32.1. The van der Waals surface area contributed by atoms with E-state index in [1.807, 2.05) is 12.1 Å². The predicted octanol–water partition coefficient (Wildman–Crippen LogP) is 2.52. The number of ketones is 1. The summed E-state index contributed by atoms with van der Waals surface area (Å²) in [5.74, 6) is -0.0990. The van der Waals surface area contributed by atoms with E-state index in [0.29, 0.717) is 28.5 Å². The quantitative estimate of drug-likeness (QED) is 0.721. The van der Waals surface area contributed by atoms with Crippen LogP contribution in [0.15, 0.2) is 47.7 Å². The van der Waals surface area contributed by atoms with Gasteiger partial charge in [0.1, 0.15) is 5.75 Å². The number of aromatic nitrogens is 3. The maximum atomic E-state index is 12.4. The van der Waals surface area contributed by atoms with Gasteiger partial charge in [-0.25, -0.2) is 4.98 Å². The SMILES string of the molecule is Cc1nc(-n2ccc(O)cc2=O)sc1C(=O)CCc1ccncc1. The summed E-state index contributed by atoms with van der Waals surface area (Å²) in [5, 5.41) is 9.74. The number of Topliss-reactive ketones (excluding diaryl/α,β-unsaturated/α-hetero) is 1. The van der Waals surface area contributed by atoms with Gasteiger partial charge in [0.15, 0.2) is 10.9 Å². The van der Waals surface area contributed by atoms with Crippen LogP contribution < -0.4 is 5.56 Å². The predicted molar refractivity (Wildman–Crippen MR) is 91.0 cm³/mol. The summed E-state index contributed by atoms with van der Waals surface area (Å²) in [7, 11) is 0. The van der Waals surface area contributed by atoms with Gasteiger partial charge >= 0.3 is 0 Å². The minimum Gasteiger partial charge on any atom is -0.508 e. The summed E-state index contributed by atoms with van der Waals surface area (Å²) in [6.45, 7) is 1.76. The molecular weight excluding hydrogens is 326 g/mol. The second-order valence-electron chi connectivity index (χ2n) is 5.28. The first-order chi connectivity index (χ1) is 11.5. The van der Waals surface area contributed by atoms with E-state index in [2.05, 4.69) is 9.97 Å². The van der Waals surface area contributed by atoms with Crippen molar-refractivity contribution in [2.24, 2.45) is 0 Å². The fourth-order valence-corrected chi connectivity index (χ4v) is 3.31. The highest BCUT2D eigenvalue weighted by molar-refractivity contribution is 7.16. The van der Waals surface area contributed by atoms with Crippen molar-refractivity contribution < 1.29 is 9.90 Å². The van der Waals surface area contributed by atoms with Crippen LogP contribution in [0.3, 0.4) is 0 Å². The van der Waals surface area contributed by atoms with E-state index in [9.17, 15) is 14.7 Å².